The Labute approximate surface area is 126 Å². The van der Waals surface area contributed by atoms with Gasteiger partial charge >= 0.3 is 0 Å². The molecule has 1 unspecified atom stereocenters. The molecule has 0 saturated carbocycles. The van der Waals surface area contributed by atoms with E-state index < -0.39 is 0 Å². The van der Waals surface area contributed by atoms with E-state index in [2.05, 4.69) is 78.6 Å². The molecule has 1 aromatic carbocycles. The SMILES string of the molecule is C=CCN(c1ccc(C(C)NC)cc1Br)C(C)(C)C. The first kappa shape index (κ1) is 16.3. The molecule has 0 radical (unpaired) electrons. The van der Waals surface area contributed by atoms with Gasteiger partial charge in [0, 0.05) is 22.6 Å². The Balaban J connectivity index is 3.15. The highest BCUT2D eigenvalue weighted by atomic mass is 79.9. The van der Waals surface area contributed by atoms with E-state index in [9.17, 15) is 0 Å². The van der Waals surface area contributed by atoms with Crippen molar-refractivity contribution in [3.8, 4) is 0 Å². The van der Waals surface area contributed by atoms with Crippen LogP contribution in [0.5, 0.6) is 0 Å². The van der Waals surface area contributed by atoms with Crippen LogP contribution in [0.3, 0.4) is 0 Å². The Morgan fingerprint density at radius 3 is 2.47 bits per heavy atom. The Kier molecular flexibility index (Phi) is 5.63. The van der Waals surface area contributed by atoms with Gasteiger partial charge in [0.15, 0.2) is 0 Å². The van der Waals surface area contributed by atoms with Gasteiger partial charge in [-0.2, -0.15) is 0 Å². The first-order chi connectivity index (χ1) is 8.81. The number of rotatable bonds is 5. The maximum atomic E-state index is 3.86. The lowest BCUT2D eigenvalue weighted by Crippen LogP contribution is -2.41. The summed E-state index contributed by atoms with van der Waals surface area (Å²) in [6.45, 7) is 13.5. The molecule has 0 aliphatic heterocycles. The van der Waals surface area contributed by atoms with Crippen molar-refractivity contribution in [1.82, 2.24) is 5.32 Å². The zero-order valence-electron chi connectivity index (χ0n) is 12.6. The van der Waals surface area contributed by atoms with Crippen molar-refractivity contribution in [3.63, 3.8) is 0 Å². The first-order valence-corrected chi connectivity index (χ1v) is 7.45. The molecule has 0 saturated heterocycles. The fraction of sp³-hybridized carbons (Fsp3) is 0.500. The Morgan fingerprint density at radius 2 is 2.05 bits per heavy atom. The maximum absolute atomic E-state index is 3.86. The Hall–Kier alpha value is -0.800. The maximum Gasteiger partial charge on any atom is 0.0518 e. The molecule has 19 heavy (non-hydrogen) atoms. The third-order valence-corrected chi connectivity index (χ3v) is 3.95. The fourth-order valence-electron chi connectivity index (χ4n) is 2.04. The highest BCUT2D eigenvalue weighted by Gasteiger charge is 2.22. The van der Waals surface area contributed by atoms with Gasteiger partial charge in [0.1, 0.15) is 0 Å². The number of hydrogen-bond donors (Lipinski definition) is 1. The number of nitrogens with one attached hydrogen (secondary N) is 1. The number of halogens is 1. The Morgan fingerprint density at radius 1 is 1.42 bits per heavy atom. The van der Waals surface area contributed by atoms with Gasteiger partial charge in [-0.15, -0.1) is 6.58 Å². The van der Waals surface area contributed by atoms with Crippen LogP contribution in [-0.2, 0) is 0 Å². The minimum atomic E-state index is 0.0624. The Bertz CT molecular complexity index is 435. The molecule has 0 heterocycles. The third-order valence-electron chi connectivity index (χ3n) is 3.32. The molecular formula is C16H25BrN2. The quantitative estimate of drug-likeness (QED) is 0.801. The van der Waals surface area contributed by atoms with Crippen molar-refractivity contribution in [3.05, 3.63) is 40.9 Å². The summed E-state index contributed by atoms with van der Waals surface area (Å²) < 4.78 is 1.13. The summed E-state index contributed by atoms with van der Waals surface area (Å²) in [7, 11) is 1.98. The number of anilines is 1. The monoisotopic (exact) mass is 324 g/mol. The molecule has 0 aliphatic carbocycles. The zero-order valence-corrected chi connectivity index (χ0v) is 14.2. The highest BCUT2D eigenvalue weighted by molar-refractivity contribution is 9.10. The van der Waals surface area contributed by atoms with Gasteiger partial charge in [0.05, 0.1) is 5.69 Å². The first-order valence-electron chi connectivity index (χ1n) is 6.66. The van der Waals surface area contributed by atoms with E-state index in [-0.39, 0.29) is 5.54 Å². The summed E-state index contributed by atoms with van der Waals surface area (Å²) in [6, 6.07) is 6.91. The van der Waals surface area contributed by atoms with Gasteiger partial charge in [-0.3, -0.25) is 0 Å². The predicted octanol–water partition coefficient (Wildman–Crippen LogP) is 4.52. The minimum absolute atomic E-state index is 0.0624. The van der Waals surface area contributed by atoms with Crippen LogP contribution >= 0.6 is 15.9 Å². The van der Waals surface area contributed by atoms with E-state index in [4.69, 9.17) is 0 Å². The van der Waals surface area contributed by atoms with Crippen molar-refractivity contribution < 1.29 is 0 Å². The lowest BCUT2D eigenvalue weighted by molar-refractivity contribution is 0.521. The zero-order chi connectivity index (χ0) is 14.6. The molecule has 3 heteroatoms. The normalized spacial score (nSPS) is 13.2. The summed E-state index contributed by atoms with van der Waals surface area (Å²) >= 11 is 3.70. The standard InChI is InChI=1S/C16H25BrN2/c1-7-10-19(16(3,4)5)15-9-8-13(11-14(15)17)12(2)18-6/h7-9,11-12,18H,1,10H2,2-6H3. The van der Waals surface area contributed by atoms with Crippen LogP contribution in [0.4, 0.5) is 5.69 Å². The molecule has 0 aliphatic rings. The molecule has 106 valence electrons. The summed E-state index contributed by atoms with van der Waals surface area (Å²) in [6.07, 6.45) is 1.95. The molecule has 1 rings (SSSR count). The van der Waals surface area contributed by atoms with Crippen molar-refractivity contribution >= 4 is 21.6 Å². The topological polar surface area (TPSA) is 15.3 Å². The smallest absolute Gasteiger partial charge is 0.0518 e. The van der Waals surface area contributed by atoms with Crippen molar-refractivity contribution in [2.24, 2.45) is 0 Å². The van der Waals surface area contributed by atoms with Crippen molar-refractivity contribution in [2.45, 2.75) is 39.3 Å². The number of nitrogens with zero attached hydrogens (tertiary/aromatic N) is 1. The van der Waals surface area contributed by atoms with E-state index in [0.29, 0.717) is 6.04 Å². The summed E-state index contributed by atoms with van der Waals surface area (Å²) in [5.74, 6) is 0. The lowest BCUT2D eigenvalue weighted by atomic mass is 10.0. The molecule has 0 fully saturated rings. The van der Waals surface area contributed by atoms with Crippen molar-refractivity contribution in [2.75, 3.05) is 18.5 Å². The summed E-state index contributed by atoms with van der Waals surface area (Å²) in [5, 5.41) is 3.26. The van der Waals surface area contributed by atoms with Gasteiger partial charge in [0.2, 0.25) is 0 Å². The van der Waals surface area contributed by atoms with Gasteiger partial charge < -0.3 is 10.2 Å². The van der Waals surface area contributed by atoms with Crippen LogP contribution in [0.2, 0.25) is 0 Å². The second kappa shape index (κ2) is 6.58. The average Bonchev–Trinajstić information content (AvgIpc) is 2.34. The van der Waals surface area contributed by atoms with Gasteiger partial charge in [-0.25, -0.2) is 0 Å². The molecule has 0 amide bonds. The summed E-state index contributed by atoms with van der Waals surface area (Å²) in [4.78, 5) is 2.35. The molecule has 1 atom stereocenters. The molecule has 2 nitrogen and oxygen atoms in total. The van der Waals surface area contributed by atoms with Gasteiger partial charge in [-0.1, -0.05) is 12.1 Å². The second-order valence-electron chi connectivity index (χ2n) is 5.79. The molecule has 0 bridgehead atoms. The molecular weight excluding hydrogens is 300 g/mol. The fourth-order valence-corrected chi connectivity index (χ4v) is 2.65. The van der Waals surface area contributed by atoms with E-state index >= 15 is 0 Å². The number of benzene rings is 1. The third kappa shape index (κ3) is 4.08. The predicted molar refractivity (Wildman–Crippen MR) is 88.9 cm³/mol. The molecule has 0 aromatic heterocycles. The molecule has 0 spiro atoms. The van der Waals surface area contributed by atoms with Crippen LogP contribution in [0.15, 0.2) is 35.3 Å². The van der Waals surface area contributed by atoms with Gasteiger partial charge in [0.25, 0.3) is 0 Å². The van der Waals surface area contributed by atoms with Crippen LogP contribution in [0.1, 0.15) is 39.3 Å². The van der Waals surface area contributed by atoms with E-state index in [1.54, 1.807) is 0 Å². The van der Waals surface area contributed by atoms with Crippen LogP contribution < -0.4 is 10.2 Å². The summed E-state index contributed by atoms with van der Waals surface area (Å²) in [5.41, 5.74) is 2.55. The van der Waals surface area contributed by atoms with Crippen molar-refractivity contribution in [1.29, 1.82) is 0 Å². The highest BCUT2D eigenvalue weighted by Crippen LogP contribution is 2.33. The van der Waals surface area contributed by atoms with Crippen LogP contribution in [0, 0.1) is 0 Å². The minimum Gasteiger partial charge on any atom is -0.362 e. The van der Waals surface area contributed by atoms with Crippen LogP contribution in [-0.4, -0.2) is 19.1 Å². The van der Waals surface area contributed by atoms with E-state index in [1.165, 1.54) is 11.3 Å². The molecule has 1 N–H and O–H groups in total. The number of hydrogen-bond acceptors (Lipinski definition) is 2. The largest absolute Gasteiger partial charge is 0.362 e. The van der Waals surface area contributed by atoms with Gasteiger partial charge in [-0.05, 0) is 68.4 Å². The average molecular weight is 325 g/mol. The van der Waals surface area contributed by atoms with Crippen LogP contribution in [0.25, 0.3) is 0 Å². The van der Waals surface area contributed by atoms with E-state index in [1.807, 2.05) is 13.1 Å². The molecule has 1 aromatic rings. The lowest BCUT2D eigenvalue weighted by Gasteiger charge is -2.38. The second-order valence-corrected chi connectivity index (χ2v) is 6.65. The van der Waals surface area contributed by atoms with E-state index in [0.717, 1.165) is 11.0 Å².